The minimum absolute atomic E-state index is 0.0956. The highest BCUT2D eigenvalue weighted by atomic mass is 16.5. The number of carboxylic acid groups (broad SMARTS) is 2. The number of nitrogens with two attached hydrogens (primary N) is 1. The highest BCUT2D eigenvalue weighted by molar-refractivity contribution is 6.07. The highest BCUT2D eigenvalue weighted by Gasteiger charge is 2.27. The number of carboxylic acids is 2. The van der Waals surface area contributed by atoms with Crippen LogP contribution in [0.5, 0.6) is 5.75 Å². The van der Waals surface area contributed by atoms with Crippen molar-refractivity contribution >= 4 is 23.7 Å². The van der Waals surface area contributed by atoms with Crippen molar-refractivity contribution in [2.45, 2.75) is 20.5 Å². The van der Waals surface area contributed by atoms with Crippen molar-refractivity contribution < 1.29 is 34.1 Å². The number of anilines is 1. The van der Waals surface area contributed by atoms with E-state index in [1.807, 2.05) is 4.98 Å². The molecule has 0 amide bonds. The number of aromatic nitrogens is 1. The third-order valence-electron chi connectivity index (χ3n) is 3.75. The van der Waals surface area contributed by atoms with Gasteiger partial charge in [-0.05, 0) is 24.6 Å². The van der Waals surface area contributed by atoms with E-state index in [2.05, 4.69) is 0 Å². The lowest BCUT2D eigenvalue weighted by atomic mass is 9.94. The molecular formula is C18H18N2O8. The number of nitrogen functional groups attached to an aromatic ring is 1. The number of ether oxygens (including phenoxy) is 2. The van der Waals surface area contributed by atoms with E-state index < -0.39 is 40.4 Å². The van der Waals surface area contributed by atoms with Gasteiger partial charge in [0, 0.05) is 18.1 Å². The molecule has 0 aliphatic carbocycles. The van der Waals surface area contributed by atoms with Gasteiger partial charge in [0.05, 0.1) is 6.61 Å². The Kier molecular flexibility index (Phi) is 6.04. The van der Waals surface area contributed by atoms with Gasteiger partial charge < -0.3 is 30.4 Å². The molecule has 0 aliphatic rings. The van der Waals surface area contributed by atoms with E-state index in [0.717, 1.165) is 0 Å². The summed E-state index contributed by atoms with van der Waals surface area (Å²) in [6, 6.07) is 4.25. The molecule has 148 valence electrons. The predicted molar refractivity (Wildman–Crippen MR) is 97.5 cm³/mol. The molecule has 0 unspecified atom stereocenters. The van der Waals surface area contributed by atoms with Crippen LogP contribution in [0.25, 0.3) is 11.1 Å². The molecule has 10 heteroatoms. The Hall–Kier alpha value is -3.82. The number of H-pyrrole nitrogens is 1. The van der Waals surface area contributed by atoms with Gasteiger partial charge in [-0.2, -0.15) is 0 Å². The van der Waals surface area contributed by atoms with Gasteiger partial charge in [0.25, 0.3) is 5.56 Å². The predicted octanol–water partition coefficient (Wildman–Crippen LogP) is 1.48. The number of carbonyl (C=O) groups excluding carboxylic acids is 1. The number of hydrogen-bond donors (Lipinski definition) is 4. The van der Waals surface area contributed by atoms with Crippen molar-refractivity contribution in [3.05, 3.63) is 45.2 Å². The van der Waals surface area contributed by atoms with Gasteiger partial charge in [0.2, 0.25) is 0 Å². The average Bonchev–Trinajstić information content (AvgIpc) is 2.59. The topological polar surface area (TPSA) is 169 Å². The van der Waals surface area contributed by atoms with Crippen LogP contribution in [0.2, 0.25) is 0 Å². The third kappa shape index (κ3) is 4.11. The molecule has 0 aliphatic heterocycles. The van der Waals surface area contributed by atoms with Gasteiger partial charge in [0.1, 0.15) is 29.3 Å². The molecule has 0 saturated heterocycles. The molecule has 0 radical (unpaired) electrons. The molecule has 0 spiro atoms. The second kappa shape index (κ2) is 8.25. The van der Waals surface area contributed by atoms with Crippen molar-refractivity contribution in [2.75, 3.05) is 12.3 Å². The molecule has 0 bridgehead atoms. The summed E-state index contributed by atoms with van der Waals surface area (Å²) in [5, 5.41) is 18.9. The van der Waals surface area contributed by atoms with E-state index in [0.29, 0.717) is 17.9 Å². The Morgan fingerprint density at radius 2 is 1.79 bits per heavy atom. The van der Waals surface area contributed by atoms with Crippen LogP contribution in [-0.2, 0) is 16.1 Å². The third-order valence-corrected chi connectivity index (χ3v) is 3.75. The number of carbonyl (C=O) groups is 3. The van der Waals surface area contributed by atoms with E-state index in [-0.39, 0.29) is 17.7 Å². The Labute approximate surface area is 158 Å². The van der Waals surface area contributed by atoms with Crippen molar-refractivity contribution in [3.63, 3.8) is 0 Å². The smallest absolute Gasteiger partial charge is 0.342 e. The van der Waals surface area contributed by atoms with E-state index in [1.165, 1.54) is 25.1 Å². The summed E-state index contributed by atoms with van der Waals surface area (Å²) in [6.07, 6.45) is 0. The maximum Gasteiger partial charge on any atom is 0.342 e. The lowest BCUT2D eigenvalue weighted by Gasteiger charge is -2.15. The molecule has 2 rings (SSSR count). The second-order valence-electron chi connectivity index (χ2n) is 5.64. The highest BCUT2D eigenvalue weighted by Crippen LogP contribution is 2.33. The first-order valence-electron chi connectivity index (χ1n) is 8.09. The Balaban J connectivity index is 2.81. The molecule has 0 fully saturated rings. The van der Waals surface area contributed by atoms with E-state index in [4.69, 9.17) is 15.2 Å². The maximum atomic E-state index is 12.1. The maximum absolute atomic E-state index is 12.1. The normalized spacial score (nSPS) is 10.4. The van der Waals surface area contributed by atoms with Crippen molar-refractivity contribution in [1.29, 1.82) is 0 Å². The summed E-state index contributed by atoms with van der Waals surface area (Å²) in [5.74, 6) is -3.80. The van der Waals surface area contributed by atoms with Gasteiger partial charge >= 0.3 is 17.9 Å². The number of benzene rings is 1. The molecule has 5 N–H and O–H groups in total. The molecule has 1 aromatic heterocycles. The molecular weight excluding hydrogens is 372 g/mol. The van der Waals surface area contributed by atoms with Crippen LogP contribution in [0.3, 0.4) is 0 Å². The lowest BCUT2D eigenvalue weighted by molar-refractivity contribution is -0.142. The van der Waals surface area contributed by atoms with Crippen LogP contribution < -0.4 is 16.0 Å². The standard InChI is InChI=1S/C18H18N2O8/c1-3-27-11-5-4-9(6-10(11)7-28-8(2)21)12-13(17(23)24)15(19)20-16(22)14(12)18(25)26/h4-6H,3,7H2,1-2H3,(H,23,24)(H,25,26)(H3,19,20,22). The summed E-state index contributed by atoms with van der Waals surface area (Å²) in [7, 11) is 0. The Bertz CT molecular complexity index is 1010. The van der Waals surface area contributed by atoms with Gasteiger partial charge in [0.15, 0.2) is 0 Å². The first-order chi connectivity index (χ1) is 13.2. The lowest BCUT2D eigenvalue weighted by Crippen LogP contribution is -2.24. The number of pyridine rings is 1. The van der Waals surface area contributed by atoms with Crippen LogP contribution in [0.4, 0.5) is 5.82 Å². The number of nitrogens with one attached hydrogen (secondary N) is 1. The molecule has 1 aromatic carbocycles. The van der Waals surface area contributed by atoms with Crippen LogP contribution in [0, 0.1) is 0 Å². The van der Waals surface area contributed by atoms with Gasteiger partial charge in [-0.1, -0.05) is 6.07 Å². The summed E-state index contributed by atoms with van der Waals surface area (Å²) in [6.45, 7) is 3.08. The number of hydrogen-bond acceptors (Lipinski definition) is 7. The molecule has 0 atom stereocenters. The van der Waals surface area contributed by atoms with Crippen LogP contribution in [0.1, 0.15) is 40.1 Å². The number of aromatic carboxylic acids is 2. The zero-order valence-corrected chi connectivity index (χ0v) is 15.1. The minimum Gasteiger partial charge on any atom is -0.493 e. The average molecular weight is 390 g/mol. The monoisotopic (exact) mass is 390 g/mol. The van der Waals surface area contributed by atoms with Gasteiger partial charge in [-0.25, -0.2) is 9.59 Å². The largest absolute Gasteiger partial charge is 0.493 e. The van der Waals surface area contributed by atoms with Crippen LogP contribution >= 0.6 is 0 Å². The quantitative estimate of drug-likeness (QED) is 0.511. The Morgan fingerprint density at radius 3 is 2.32 bits per heavy atom. The first kappa shape index (κ1) is 20.5. The first-order valence-corrected chi connectivity index (χ1v) is 8.09. The summed E-state index contributed by atoms with van der Waals surface area (Å²) in [4.78, 5) is 48.6. The Morgan fingerprint density at radius 1 is 1.14 bits per heavy atom. The van der Waals surface area contributed by atoms with E-state index in [1.54, 1.807) is 6.92 Å². The number of rotatable bonds is 7. The fraction of sp³-hybridized carbons (Fsp3) is 0.222. The number of aromatic amines is 1. The molecule has 10 nitrogen and oxygen atoms in total. The van der Waals surface area contributed by atoms with Crippen LogP contribution in [0.15, 0.2) is 23.0 Å². The molecule has 28 heavy (non-hydrogen) atoms. The molecule has 1 heterocycles. The SMILES string of the molecule is CCOc1ccc(-c2c(C(=O)O)c(N)[nH]c(=O)c2C(=O)O)cc1COC(C)=O. The van der Waals surface area contributed by atoms with Crippen molar-refractivity contribution in [1.82, 2.24) is 4.98 Å². The fourth-order valence-corrected chi connectivity index (χ4v) is 2.66. The summed E-state index contributed by atoms with van der Waals surface area (Å²) >= 11 is 0. The van der Waals surface area contributed by atoms with Gasteiger partial charge in [-0.3, -0.25) is 9.59 Å². The van der Waals surface area contributed by atoms with Crippen LogP contribution in [-0.4, -0.2) is 39.7 Å². The molecule has 0 saturated carbocycles. The van der Waals surface area contributed by atoms with Gasteiger partial charge in [-0.15, -0.1) is 0 Å². The summed E-state index contributed by atoms with van der Waals surface area (Å²) < 4.78 is 10.4. The fourth-order valence-electron chi connectivity index (χ4n) is 2.66. The minimum atomic E-state index is -1.62. The van der Waals surface area contributed by atoms with E-state index >= 15 is 0 Å². The zero-order chi connectivity index (χ0) is 21.0. The zero-order valence-electron chi connectivity index (χ0n) is 15.1. The van der Waals surface area contributed by atoms with Crippen molar-refractivity contribution in [2.24, 2.45) is 0 Å². The van der Waals surface area contributed by atoms with E-state index in [9.17, 15) is 29.4 Å². The number of esters is 1. The molecule has 2 aromatic rings. The van der Waals surface area contributed by atoms with Crippen molar-refractivity contribution in [3.8, 4) is 16.9 Å². The second-order valence-corrected chi connectivity index (χ2v) is 5.64. The summed E-state index contributed by atoms with van der Waals surface area (Å²) in [5.41, 5.74) is 3.36.